The molecule has 1 aromatic heterocycles. The number of carboxylic acids is 1. The number of amides is 1. The molecule has 1 amide bonds. The molecule has 2 aliphatic heterocycles. The summed E-state index contributed by atoms with van der Waals surface area (Å²) in [5, 5.41) is 20.4. The SMILES string of the molecule is N#Cc1sccc1OC1=C(C(=O)O)N2C(=O)[C@H](CCOC(=O)c3ccc(Cl)cc3)[C@H]2S1. The molecule has 0 spiro atoms. The van der Waals surface area contributed by atoms with Crippen molar-refractivity contribution in [2.75, 3.05) is 6.61 Å². The van der Waals surface area contributed by atoms with Crippen LogP contribution in [0.5, 0.6) is 5.75 Å². The number of thioether (sulfide) groups is 1. The van der Waals surface area contributed by atoms with E-state index in [1.54, 1.807) is 35.7 Å². The molecule has 158 valence electrons. The Labute approximate surface area is 189 Å². The first kappa shape index (κ1) is 21.2. The van der Waals surface area contributed by atoms with Gasteiger partial charge in [0.2, 0.25) is 5.91 Å². The lowest BCUT2D eigenvalue weighted by atomic mass is 9.94. The number of carboxylic acid groups (broad SMARTS) is 1. The van der Waals surface area contributed by atoms with Crippen LogP contribution < -0.4 is 4.74 Å². The van der Waals surface area contributed by atoms with Crippen molar-refractivity contribution in [3.05, 3.63) is 62.0 Å². The van der Waals surface area contributed by atoms with Gasteiger partial charge in [-0.25, -0.2) is 9.59 Å². The smallest absolute Gasteiger partial charge is 0.357 e. The number of esters is 1. The van der Waals surface area contributed by atoms with E-state index in [9.17, 15) is 19.5 Å². The molecular formula is C20H13ClN2O6S2. The molecule has 2 aromatic rings. The van der Waals surface area contributed by atoms with E-state index in [4.69, 9.17) is 26.3 Å². The van der Waals surface area contributed by atoms with Crippen molar-refractivity contribution in [1.82, 2.24) is 4.90 Å². The molecule has 0 aliphatic carbocycles. The van der Waals surface area contributed by atoms with Gasteiger partial charge >= 0.3 is 11.9 Å². The highest BCUT2D eigenvalue weighted by Gasteiger charge is 2.56. The van der Waals surface area contributed by atoms with Crippen LogP contribution in [0.2, 0.25) is 5.02 Å². The van der Waals surface area contributed by atoms with Crippen LogP contribution >= 0.6 is 34.7 Å². The van der Waals surface area contributed by atoms with Crippen molar-refractivity contribution in [3.8, 4) is 11.8 Å². The van der Waals surface area contributed by atoms with Crippen molar-refractivity contribution < 1.29 is 29.0 Å². The molecule has 1 saturated heterocycles. The number of halogens is 1. The number of carbonyl (C=O) groups excluding carboxylic acids is 2. The van der Waals surface area contributed by atoms with Crippen LogP contribution in [-0.4, -0.2) is 39.8 Å². The van der Waals surface area contributed by atoms with Gasteiger partial charge in [0.05, 0.1) is 18.1 Å². The van der Waals surface area contributed by atoms with E-state index in [1.807, 2.05) is 6.07 Å². The molecule has 11 heteroatoms. The van der Waals surface area contributed by atoms with Crippen LogP contribution in [0.3, 0.4) is 0 Å². The summed E-state index contributed by atoms with van der Waals surface area (Å²) in [6.45, 7) is 0.00444. The number of thiophene rings is 1. The largest absolute Gasteiger partial charge is 0.476 e. The van der Waals surface area contributed by atoms with Crippen LogP contribution in [0.1, 0.15) is 21.7 Å². The molecule has 0 saturated carbocycles. The van der Waals surface area contributed by atoms with Gasteiger partial charge in [-0.1, -0.05) is 23.4 Å². The minimum Gasteiger partial charge on any atom is -0.476 e. The van der Waals surface area contributed by atoms with Gasteiger partial charge < -0.3 is 14.6 Å². The summed E-state index contributed by atoms with van der Waals surface area (Å²) in [4.78, 5) is 37.9. The number of carbonyl (C=O) groups is 3. The van der Waals surface area contributed by atoms with Crippen LogP contribution in [-0.2, 0) is 14.3 Å². The Morgan fingerprint density at radius 2 is 2.00 bits per heavy atom. The number of hydrogen-bond donors (Lipinski definition) is 1. The fourth-order valence-corrected chi connectivity index (χ4v) is 5.31. The van der Waals surface area contributed by atoms with Crippen LogP contribution in [0, 0.1) is 17.2 Å². The molecule has 31 heavy (non-hydrogen) atoms. The third-order valence-corrected chi connectivity index (χ3v) is 7.02. The fourth-order valence-electron chi connectivity index (χ4n) is 3.20. The minimum atomic E-state index is -1.29. The molecule has 2 atom stereocenters. The Kier molecular flexibility index (Phi) is 5.91. The number of fused-ring (bicyclic) bond motifs is 1. The number of benzene rings is 1. The molecule has 0 radical (unpaired) electrons. The normalized spacial score (nSPS) is 19.5. The average Bonchev–Trinajstić information content (AvgIpc) is 3.34. The Morgan fingerprint density at radius 1 is 1.26 bits per heavy atom. The maximum Gasteiger partial charge on any atom is 0.357 e. The minimum absolute atomic E-state index is 0.00444. The Bertz CT molecular complexity index is 1140. The highest BCUT2D eigenvalue weighted by atomic mass is 35.5. The van der Waals surface area contributed by atoms with E-state index in [0.29, 0.717) is 15.5 Å². The van der Waals surface area contributed by atoms with Crippen molar-refractivity contribution in [1.29, 1.82) is 5.26 Å². The molecule has 1 N–H and O–H groups in total. The second-order valence-electron chi connectivity index (χ2n) is 6.52. The fraction of sp³-hybridized carbons (Fsp3) is 0.200. The summed E-state index contributed by atoms with van der Waals surface area (Å²) in [7, 11) is 0. The number of rotatable bonds is 7. The predicted molar refractivity (Wildman–Crippen MR) is 112 cm³/mol. The van der Waals surface area contributed by atoms with Gasteiger partial charge in [0.1, 0.15) is 16.3 Å². The summed E-state index contributed by atoms with van der Waals surface area (Å²) >= 11 is 8.07. The monoisotopic (exact) mass is 476 g/mol. The molecule has 1 aromatic carbocycles. The van der Waals surface area contributed by atoms with E-state index in [0.717, 1.165) is 11.8 Å². The third-order valence-electron chi connectivity index (χ3n) is 4.69. The average molecular weight is 477 g/mol. The van der Waals surface area contributed by atoms with Gasteiger partial charge in [-0.3, -0.25) is 9.69 Å². The quantitative estimate of drug-likeness (QED) is 0.475. The number of nitriles is 1. The highest BCUT2D eigenvalue weighted by molar-refractivity contribution is 8.03. The van der Waals surface area contributed by atoms with Gasteiger partial charge in [-0.2, -0.15) is 5.26 Å². The lowest BCUT2D eigenvalue weighted by Gasteiger charge is -2.41. The molecular weight excluding hydrogens is 464 g/mol. The first-order valence-corrected chi connectivity index (χ1v) is 11.1. The second-order valence-corrected chi connectivity index (χ2v) is 8.97. The summed E-state index contributed by atoms with van der Waals surface area (Å²) in [6, 6.07) is 9.79. The topological polar surface area (TPSA) is 117 Å². The van der Waals surface area contributed by atoms with E-state index < -0.39 is 23.2 Å². The molecule has 0 unspecified atom stereocenters. The maximum absolute atomic E-state index is 12.6. The van der Waals surface area contributed by atoms with Crippen molar-refractivity contribution >= 4 is 52.5 Å². The summed E-state index contributed by atoms with van der Waals surface area (Å²) in [5.41, 5.74) is 0.0975. The number of hydrogen-bond acceptors (Lipinski definition) is 8. The van der Waals surface area contributed by atoms with Crippen LogP contribution in [0.4, 0.5) is 0 Å². The molecule has 4 rings (SSSR count). The zero-order valence-corrected chi connectivity index (χ0v) is 18.0. The molecule has 0 bridgehead atoms. The van der Waals surface area contributed by atoms with Gasteiger partial charge in [0, 0.05) is 5.02 Å². The van der Waals surface area contributed by atoms with Gasteiger partial charge in [0.25, 0.3) is 0 Å². The van der Waals surface area contributed by atoms with Crippen LogP contribution in [0.25, 0.3) is 0 Å². The third kappa shape index (κ3) is 3.99. The van der Waals surface area contributed by atoms with Gasteiger partial charge in [-0.15, -0.1) is 11.3 Å². The van der Waals surface area contributed by atoms with Crippen LogP contribution in [0.15, 0.2) is 46.5 Å². The maximum atomic E-state index is 12.6. The van der Waals surface area contributed by atoms with E-state index in [2.05, 4.69) is 0 Å². The summed E-state index contributed by atoms with van der Waals surface area (Å²) in [5.74, 6) is -2.47. The van der Waals surface area contributed by atoms with E-state index in [-0.39, 0.29) is 35.5 Å². The van der Waals surface area contributed by atoms with Crippen molar-refractivity contribution in [3.63, 3.8) is 0 Å². The highest BCUT2D eigenvalue weighted by Crippen LogP contribution is 2.51. The lowest BCUT2D eigenvalue weighted by molar-refractivity contribution is -0.152. The first-order chi connectivity index (χ1) is 14.9. The number of β-lactam (4-membered cyclic amide) rings is 1. The van der Waals surface area contributed by atoms with Crippen molar-refractivity contribution in [2.24, 2.45) is 5.92 Å². The predicted octanol–water partition coefficient (Wildman–Crippen LogP) is 3.68. The Balaban J connectivity index is 1.39. The number of ether oxygens (including phenoxy) is 2. The number of aliphatic carboxylic acids is 1. The van der Waals surface area contributed by atoms with E-state index in [1.165, 1.54) is 16.2 Å². The zero-order chi connectivity index (χ0) is 22.1. The second kappa shape index (κ2) is 8.63. The zero-order valence-electron chi connectivity index (χ0n) is 15.6. The Morgan fingerprint density at radius 3 is 2.68 bits per heavy atom. The molecule has 8 nitrogen and oxygen atoms in total. The molecule has 3 heterocycles. The first-order valence-electron chi connectivity index (χ1n) is 8.96. The summed E-state index contributed by atoms with van der Waals surface area (Å²) in [6.07, 6.45) is 0.244. The van der Waals surface area contributed by atoms with E-state index >= 15 is 0 Å². The standard InChI is InChI=1S/C20H13ClN2O6S2/c21-11-3-1-10(2-4-11)19(27)28-7-5-12-16(24)23-15(18(25)26)20(31-17(12)23)29-13-6-8-30-14(13)9-22/h1-4,6,8,12,17H,5,7H2,(H,25,26)/t12-,17+/m0/s1. The van der Waals surface area contributed by atoms with Gasteiger partial charge in [0.15, 0.2) is 16.5 Å². The lowest BCUT2D eigenvalue weighted by Crippen LogP contribution is -2.57. The molecule has 1 fully saturated rings. The molecule has 2 aliphatic rings. The van der Waals surface area contributed by atoms with Gasteiger partial charge in [-0.05, 0) is 42.1 Å². The Hall–Kier alpha value is -3.00. The van der Waals surface area contributed by atoms with Crippen molar-refractivity contribution in [2.45, 2.75) is 11.8 Å². The summed E-state index contributed by atoms with van der Waals surface area (Å²) < 4.78 is 10.9. The number of nitrogens with zero attached hydrogens (tertiary/aromatic N) is 2.